The van der Waals surface area contributed by atoms with Crippen molar-refractivity contribution in [3.05, 3.63) is 106 Å². The molecule has 0 aromatic heterocycles. The van der Waals surface area contributed by atoms with E-state index in [2.05, 4.69) is 91.7 Å². The van der Waals surface area contributed by atoms with Crippen LogP contribution in [0.5, 0.6) is 0 Å². The van der Waals surface area contributed by atoms with E-state index in [1.54, 1.807) is 0 Å². The zero-order chi connectivity index (χ0) is 22.5. The van der Waals surface area contributed by atoms with Gasteiger partial charge in [0.1, 0.15) is 0 Å². The second-order valence-corrected chi connectivity index (χ2v) is 9.21. The summed E-state index contributed by atoms with van der Waals surface area (Å²) in [5.74, 6) is -0.176. The number of rotatable bonds is 4. The summed E-state index contributed by atoms with van der Waals surface area (Å²) in [5.41, 5.74) is 4.25. The number of nitrogens with zero attached hydrogens (tertiary/aromatic N) is 2. The Hall–Kier alpha value is -2.54. The van der Waals surface area contributed by atoms with Crippen molar-refractivity contribution in [3.63, 3.8) is 0 Å². The molecule has 0 aliphatic carbocycles. The zero-order valence-corrected chi connectivity index (χ0v) is 20.4. The third-order valence-electron chi connectivity index (χ3n) is 5.85. The van der Waals surface area contributed by atoms with Crippen LogP contribution in [0.4, 0.5) is 0 Å². The average molecular weight is 508 g/mol. The summed E-state index contributed by atoms with van der Waals surface area (Å²) in [5, 5.41) is 3.39. The molecule has 1 aliphatic heterocycles. The molecule has 0 saturated carbocycles. The molecule has 4 nitrogen and oxygen atoms in total. The van der Waals surface area contributed by atoms with Crippen LogP contribution in [0.3, 0.4) is 0 Å². The van der Waals surface area contributed by atoms with Crippen LogP contribution in [0.2, 0.25) is 0 Å². The summed E-state index contributed by atoms with van der Waals surface area (Å²) in [6.45, 7) is 5.26. The number of hydrogen-bond acceptors (Lipinski definition) is 3. The van der Waals surface area contributed by atoms with Crippen molar-refractivity contribution in [1.29, 1.82) is 0 Å². The van der Waals surface area contributed by atoms with Gasteiger partial charge >= 0.3 is 0 Å². The molecular weight excluding hydrogens is 482 g/mol. The molecule has 6 heteroatoms. The van der Waals surface area contributed by atoms with Crippen molar-refractivity contribution in [2.45, 2.75) is 13.0 Å². The number of benzene rings is 3. The standard InChI is InChI=1S/C26H26BrN3OS/c1-19-12-13-22(18-23(19)27)25(31)28-26(32)30-16-14-29(15-17-30)24(20-8-4-2-5-9-20)21-10-6-3-7-11-21/h2-13,18,24H,14-17H2,1H3,(H,28,31,32). The van der Waals surface area contributed by atoms with Crippen molar-refractivity contribution in [1.82, 2.24) is 15.1 Å². The lowest BCUT2D eigenvalue weighted by Gasteiger charge is -2.40. The summed E-state index contributed by atoms with van der Waals surface area (Å²) in [7, 11) is 0. The van der Waals surface area contributed by atoms with Crippen molar-refractivity contribution < 1.29 is 4.79 Å². The lowest BCUT2D eigenvalue weighted by molar-refractivity contribution is 0.0967. The van der Waals surface area contributed by atoms with E-state index in [0.717, 1.165) is 36.2 Å². The van der Waals surface area contributed by atoms with Crippen molar-refractivity contribution >= 4 is 39.2 Å². The van der Waals surface area contributed by atoms with E-state index in [0.29, 0.717) is 10.7 Å². The second kappa shape index (κ2) is 10.4. The molecule has 32 heavy (non-hydrogen) atoms. The Morgan fingerprint density at radius 1 is 0.906 bits per heavy atom. The van der Waals surface area contributed by atoms with Crippen LogP contribution < -0.4 is 5.32 Å². The minimum atomic E-state index is -0.176. The molecule has 1 fully saturated rings. The number of carbonyl (C=O) groups is 1. The first-order valence-electron chi connectivity index (χ1n) is 10.7. The highest BCUT2D eigenvalue weighted by molar-refractivity contribution is 9.10. The van der Waals surface area contributed by atoms with E-state index in [4.69, 9.17) is 12.2 Å². The van der Waals surface area contributed by atoms with Crippen molar-refractivity contribution in [3.8, 4) is 0 Å². The maximum Gasteiger partial charge on any atom is 0.257 e. The molecule has 0 atom stereocenters. The fourth-order valence-electron chi connectivity index (χ4n) is 4.05. The Morgan fingerprint density at radius 2 is 1.47 bits per heavy atom. The summed E-state index contributed by atoms with van der Waals surface area (Å²) in [6, 6.07) is 27.0. The van der Waals surface area contributed by atoms with Gasteiger partial charge in [0, 0.05) is 36.2 Å². The molecule has 0 unspecified atom stereocenters. The van der Waals surface area contributed by atoms with Crippen LogP contribution in [0.15, 0.2) is 83.3 Å². The van der Waals surface area contributed by atoms with E-state index < -0.39 is 0 Å². The molecule has 1 aliphatic rings. The number of thiocarbonyl (C=S) groups is 1. The lowest BCUT2D eigenvalue weighted by Crippen LogP contribution is -2.53. The molecular formula is C26H26BrN3OS. The molecule has 3 aromatic rings. The normalized spacial score (nSPS) is 14.4. The van der Waals surface area contributed by atoms with Gasteiger partial charge in [-0.05, 0) is 48.0 Å². The molecule has 1 N–H and O–H groups in total. The van der Waals surface area contributed by atoms with Gasteiger partial charge in [-0.2, -0.15) is 0 Å². The molecule has 1 amide bonds. The SMILES string of the molecule is Cc1ccc(C(=O)NC(=S)N2CCN(C(c3ccccc3)c3ccccc3)CC2)cc1Br. The lowest BCUT2D eigenvalue weighted by atomic mass is 9.96. The summed E-state index contributed by atoms with van der Waals surface area (Å²) < 4.78 is 0.914. The third kappa shape index (κ3) is 5.26. The maximum absolute atomic E-state index is 12.6. The van der Waals surface area contributed by atoms with Gasteiger partial charge in [-0.3, -0.25) is 15.0 Å². The van der Waals surface area contributed by atoms with E-state index in [9.17, 15) is 4.79 Å². The number of amides is 1. The molecule has 0 spiro atoms. The number of halogens is 1. The van der Waals surface area contributed by atoms with Crippen LogP contribution >= 0.6 is 28.1 Å². The number of aryl methyl sites for hydroxylation is 1. The average Bonchev–Trinajstić information content (AvgIpc) is 2.83. The molecule has 4 rings (SSSR count). The first kappa shape index (κ1) is 22.6. The second-order valence-electron chi connectivity index (χ2n) is 7.97. The van der Waals surface area contributed by atoms with Gasteiger partial charge in [-0.25, -0.2) is 0 Å². The van der Waals surface area contributed by atoms with Gasteiger partial charge in [-0.1, -0.05) is 82.7 Å². The van der Waals surface area contributed by atoms with E-state index in [1.807, 2.05) is 25.1 Å². The largest absolute Gasteiger partial charge is 0.346 e. The van der Waals surface area contributed by atoms with Crippen LogP contribution in [0, 0.1) is 6.92 Å². The first-order valence-corrected chi connectivity index (χ1v) is 11.9. The van der Waals surface area contributed by atoms with Crippen molar-refractivity contribution in [2.75, 3.05) is 26.2 Å². The molecule has 164 valence electrons. The number of hydrogen-bond donors (Lipinski definition) is 1. The summed E-state index contributed by atoms with van der Waals surface area (Å²) in [4.78, 5) is 17.2. The quantitative estimate of drug-likeness (QED) is 0.493. The Balaban J connectivity index is 1.41. The Labute approximate surface area is 203 Å². The van der Waals surface area contributed by atoms with E-state index in [1.165, 1.54) is 11.1 Å². The summed E-state index contributed by atoms with van der Waals surface area (Å²) in [6.07, 6.45) is 0. The minimum Gasteiger partial charge on any atom is -0.346 e. The van der Waals surface area contributed by atoms with Crippen LogP contribution in [0.25, 0.3) is 0 Å². The predicted molar refractivity (Wildman–Crippen MR) is 137 cm³/mol. The molecule has 1 heterocycles. The monoisotopic (exact) mass is 507 g/mol. The predicted octanol–water partition coefficient (Wildman–Crippen LogP) is 5.18. The van der Waals surface area contributed by atoms with Gasteiger partial charge in [0.05, 0.1) is 6.04 Å². The van der Waals surface area contributed by atoms with Crippen molar-refractivity contribution in [2.24, 2.45) is 0 Å². The van der Waals surface area contributed by atoms with Crippen LogP contribution in [-0.2, 0) is 0 Å². The smallest absolute Gasteiger partial charge is 0.257 e. The van der Waals surface area contributed by atoms with Gasteiger partial charge in [0.2, 0.25) is 0 Å². The van der Waals surface area contributed by atoms with Gasteiger partial charge in [-0.15, -0.1) is 0 Å². The van der Waals surface area contributed by atoms with E-state index in [-0.39, 0.29) is 11.9 Å². The highest BCUT2D eigenvalue weighted by atomic mass is 79.9. The Kier molecular flexibility index (Phi) is 7.35. The number of carbonyl (C=O) groups excluding carboxylic acids is 1. The fourth-order valence-corrected chi connectivity index (χ4v) is 4.70. The molecule has 0 bridgehead atoms. The van der Waals surface area contributed by atoms with E-state index >= 15 is 0 Å². The zero-order valence-electron chi connectivity index (χ0n) is 18.0. The van der Waals surface area contributed by atoms with Gasteiger partial charge in [0.15, 0.2) is 5.11 Å². The van der Waals surface area contributed by atoms with Crippen LogP contribution in [-0.4, -0.2) is 47.0 Å². The van der Waals surface area contributed by atoms with Crippen LogP contribution in [0.1, 0.15) is 33.1 Å². The minimum absolute atomic E-state index is 0.176. The number of nitrogens with one attached hydrogen (secondary N) is 1. The summed E-state index contributed by atoms with van der Waals surface area (Å²) >= 11 is 9.05. The Bertz CT molecular complexity index is 1040. The van der Waals surface area contributed by atoms with Gasteiger partial charge < -0.3 is 4.90 Å². The Morgan fingerprint density at radius 3 is 2.00 bits per heavy atom. The highest BCUT2D eigenvalue weighted by Crippen LogP contribution is 2.29. The topological polar surface area (TPSA) is 35.6 Å². The molecule has 1 saturated heterocycles. The fraction of sp³-hybridized carbons (Fsp3) is 0.231. The molecule has 3 aromatic carbocycles. The first-order chi connectivity index (χ1) is 15.5. The molecule has 0 radical (unpaired) electrons. The number of piperazine rings is 1. The third-order valence-corrected chi connectivity index (χ3v) is 7.07. The maximum atomic E-state index is 12.6. The highest BCUT2D eigenvalue weighted by Gasteiger charge is 2.27. The van der Waals surface area contributed by atoms with Gasteiger partial charge in [0.25, 0.3) is 5.91 Å².